The molecule has 0 heterocycles. The highest BCUT2D eigenvalue weighted by Crippen LogP contribution is 2.11. The van der Waals surface area contributed by atoms with Gasteiger partial charge in [-0.1, -0.05) is 63.9 Å². The van der Waals surface area contributed by atoms with Crippen molar-refractivity contribution >= 4 is 0 Å². The van der Waals surface area contributed by atoms with Crippen LogP contribution in [0.4, 0.5) is 0 Å². The van der Waals surface area contributed by atoms with Crippen LogP contribution in [0, 0.1) is 5.92 Å². The van der Waals surface area contributed by atoms with Crippen LogP contribution in [-0.2, 0) is 6.42 Å². The summed E-state index contributed by atoms with van der Waals surface area (Å²) in [7, 11) is 0. The van der Waals surface area contributed by atoms with Crippen molar-refractivity contribution in [3.63, 3.8) is 0 Å². The predicted molar refractivity (Wildman–Crippen MR) is 90.3 cm³/mol. The van der Waals surface area contributed by atoms with Gasteiger partial charge >= 0.3 is 0 Å². The van der Waals surface area contributed by atoms with Gasteiger partial charge < -0.3 is 15.7 Å². The number of nitrogens with two attached hydrogens (primary N) is 1. The Morgan fingerprint density at radius 1 is 1.05 bits per heavy atom. The standard InChI is InChI=1S/C18H32N2O/c1-4-15(5-2)13-20(6-3)14-18(21)17(19)12-16-10-8-7-9-11-16/h7-11,15,17-18,21H,4-6,12-14,19H2,1-3H3. The van der Waals surface area contributed by atoms with Crippen LogP contribution in [0.2, 0.25) is 0 Å². The number of hydrogen-bond donors (Lipinski definition) is 2. The van der Waals surface area contributed by atoms with E-state index < -0.39 is 6.10 Å². The lowest BCUT2D eigenvalue weighted by atomic mass is 10.00. The fourth-order valence-electron chi connectivity index (χ4n) is 2.67. The summed E-state index contributed by atoms with van der Waals surface area (Å²) in [5, 5.41) is 10.4. The third-order valence-corrected chi connectivity index (χ3v) is 4.37. The van der Waals surface area contributed by atoms with Crippen LogP contribution in [0.25, 0.3) is 0 Å². The molecule has 120 valence electrons. The lowest BCUT2D eigenvalue weighted by Crippen LogP contribution is -2.45. The van der Waals surface area contributed by atoms with Gasteiger partial charge in [-0.25, -0.2) is 0 Å². The second-order valence-corrected chi connectivity index (χ2v) is 5.96. The van der Waals surface area contributed by atoms with Crippen molar-refractivity contribution in [2.75, 3.05) is 19.6 Å². The monoisotopic (exact) mass is 292 g/mol. The van der Waals surface area contributed by atoms with Gasteiger partial charge in [-0.05, 0) is 24.4 Å². The van der Waals surface area contributed by atoms with Gasteiger partial charge in [0, 0.05) is 19.1 Å². The summed E-state index contributed by atoms with van der Waals surface area (Å²) in [6.45, 7) is 9.31. The quantitative estimate of drug-likeness (QED) is 0.697. The van der Waals surface area contributed by atoms with E-state index in [1.165, 1.54) is 18.4 Å². The molecule has 3 heteroatoms. The zero-order chi connectivity index (χ0) is 15.7. The summed E-state index contributed by atoms with van der Waals surface area (Å²) in [4.78, 5) is 2.33. The van der Waals surface area contributed by atoms with E-state index in [4.69, 9.17) is 5.73 Å². The predicted octanol–water partition coefficient (Wildman–Crippen LogP) is 2.68. The van der Waals surface area contributed by atoms with Crippen molar-refractivity contribution in [1.29, 1.82) is 0 Å². The molecule has 0 amide bonds. The van der Waals surface area contributed by atoms with Crippen molar-refractivity contribution in [2.45, 2.75) is 52.2 Å². The molecular weight excluding hydrogens is 260 g/mol. The van der Waals surface area contributed by atoms with E-state index in [0.29, 0.717) is 12.5 Å². The van der Waals surface area contributed by atoms with Crippen molar-refractivity contribution in [2.24, 2.45) is 11.7 Å². The lowest BCUT2D eigenvalue weighted by Gasteiger charge is -2.29. The van der Waals surface area contributed by atoms with Crippen LogP contribution in [0.5, 0.6) is 0 Å². The van der Waals surface area contributed by atoms with Gasteiger partial charge in [-0.15, -0.1) is 0 Å². The Bertz CT molecular complexity index is 365. The van der Waals surface area contributed by atoms with Gasteiger partial charge in [0.2, 0.25) is 0 Å². The summed E-state index contributed by atoms with van der Waals surface area (Å²) < 4.78 is 0. The third-order valence-electron chi connectivity index (χ3n) is 4.37. The molecule has 0 bridgehead atoms. The van der Waals surface area contributed by atoms with Gasteiger partial charge in [0.05, 0.1) is 6.10 Å². The zero-order valence-electron chi connectivity index (χ0n) is 13.8. The second-order valence-electron chi connectivity index (χ2n) is 5.96. The molecule has 0 saturated heterocycles. The Labute approximate surface area is 130 Å². The molecule has 3 N–H and O–H groups in total. The van der Waals surface area contributed by atoms with Crippen LogP contribution in [-0.4, -0.2) is 41.8 Å². The summed E-state index contributed by atoms with van der Waals surface area (Å²) in [6.07, 6.45) is 2.64. The fourth-order valence-corrected chi connectivity index (χ4v) is 2.67. The molecule has 0 aromatic heterocycles. The summed E-state index contributed by atoms with van der Waals surface area (Å²) in [5.74, 6) is 0.711. The topological polar surface area (TPSA) is 49.5 Å². The second kappa shape index (κ2) is 9.93. The number of likely N-dealkylation sites (N-methyl/N-ethyl adjacent to an activating group) is 1. The highest BCUT2D eigenvalue weighted by Gasteiger charge is 2.19. The van der Waals surface area contributed by atoms with Crippen LogP contribution in [0.1, 0.15) is 39.2 Å². The highest BCUT2D eigenvalue weighted by molar-refractivity contribution is 5.16. The maximum absolute atomic E-state index is 10.4. The molecule has 0 spiro atoms. The minimum absolute atomic E-state index is 0.205. The first-order chi connectivity index (χ1) is 10.1. The molecule has 0 radical (unpaired) electrons. The number of aliphatic hydroxyl groups is 1. The normalized spacial score (nSPS) is 14.6. The minimum atomic E-state index is -0.473. The highest BCUT2D eigenvalue weighted by atomic mass is 16.3. The molecule has 21 heavy (non-hydrogen) atoms. The number of nitrogens with zero attached hydrogens (tertiary/aromatic N) is 1. The molecule has 2 unspecified atom stereocenters. The third kappa shape index (κ3) is 6.60. The number of benzene rings is 1. The Balaban J connectivity index is 2.47. The molecule has 0 saturated carbocycles. The van der Waals surface area contributed by atoms with Crippen LogP contribution in [0.15, 0.2) is 30.3 Å². The first-order valence-electron chi connectivity index (χ1n) is 8.30. The van der Waals surface area contributed by atoms with Crippen LogP contribution in [0.3, 0.4) is 0 Å². The molecule has 2 atom stereocenters. The van der Waals surface area contributed by atoms with E-state index in [0.717, 1.165) is 19.5 Å². The number of hydrogen-bond acceptors (Lipinski definition) is 3. The Morgan fingerprint density at radius 3 is 2.19 bits per heavy atom. The SMILES string of the molecule is CCC(CC)CN(CC)CC(O)C(N)Cc1ccccc1. The average Bonchev–Trinajstić information content (AvgIpc) is 2.52. The van der Waals surface area contributed by atoms with Gasteiger partial charge in [-0.3, -0.25) is 0 Å². The summed E-state index contributed by atoms with van der Waals surface area (Å²) in [6, 6.07) is 9.95. The van der Waals surface area contributed by atoms with E-state index in [9.17, 15) is 5.11 Å². The molecule has 0 aliphatic carbocycles. The van der Waals surface area contributed by atoms with Gasteiger partial charge in [-0.2, -0.15) is 0 Å². The van der Waals surface area contributed by atoms with Crippen LogP contribution >= 0.6 is 0 Å². The zero-order valence-corrected chi connectivity index (χ0v) is 13.8. The maximum Gasteiger partial charge on any atom is 0.0820 e. The lowest BCUT2D eigenvalue weighted by molar-refractivity contribution is 0.0847. The van der Waals surface area contributed by atoms with E-state index >= 15 is 0 Å². The smallest absolute Gasteiger partial charge is 0.0820 e. The molecule has 0 fully saturated rings. The van der Waals surface area contributed by atoms with Crippen molar-refractivity contribution in [1.82, 2.24) is 4.90 Å². The minimum Gasteiger partial charge on any atom is -0.390 e. The van der Waals surface area contributed by atoms with E-state index in [2.05, 4.69) is 37.8 Å². The molecular formula is C18H32N2O. The molecule has 3 nitrogen and oxygen atoms in total. The van der Waals surface area contributed by atoms with Crippen molar-refractivity contribution in [3.8, 4) is 0 Å². The van der Waals surface area contributed by atoms with E-state index in [1.807, 2.05) is 18.2 Å². The fraction of sp³-hybridized carbons (Fsp3) is 0.667. The van der Waals surface area contributed by atoms with E-state index in [-0.39, 0.29) is 6.04 Å². The molecule has 1 aromatic carbocycles. The van der Waals surface area contributed by atoms with Gasteiger partial charge in [0.15, 0.2) is 0 Å². The first kappa shape index (κ1) is 18.1. The van der Waals surface area contributed by atoms with Crippen molar-refractivity contribution < 1.29 is 5.11 Å². The van der Waals surface area contributed by atoms with E-state index in [1.54, 1.807) is 0 Å². The number of aliphatic hydroxyl groups excluding tert-OH is 1. The van der Waals surface area contributed by atoms with Crippen LogP contribution < -0.4 is 5.73 Å². The van der Waals surface area contributed by atoms with Gasteiger partial charge in [0.1, 0.15) is 0 Å². The summed E-state index contributed by atoms with van der Waals surface area (Å²) in [5.41, 5.74) is 7.36. The number of rotatable bonds is 10. The Hall–Kier alpha value is -0.900. The molecule has 0 aliphatic heterocycles. The van der Waals surface area contributed by atoms with Gasteiger partial charge in [0.25, 0.3) is 0 Å². The largest absolute Gasteiger partial charge is 0.390 e. The maximum atomic E-state index is 10.4. The van der Waals surface area contributed by atoms with Crippen molar-refractivity contribution in [3.05, 3.63) is 35.9 Å². The first-order valence-corrected chi connectivity index (χ1v) is 8.30. The average molecular weight is 292 g/mol. The Morgan fingerprint density at radius 2 is 1.67 bits per heavy atom. The molecule has 1 aromatic rings. The summed E-state index contributed by atoms with van der Waals surface area (Å²) >= 11 is 0. The molecule has 1 rings (SSSR count). The Kier molecular flexibility index (Phi) is 8.58. The molecule has 0 aliphatic rings.